The van der Waals surface area contributed by atoms with Crippen LogP contribution in [0.4, 0.5) is 0 Å². The average molecular weight is 366 g/mol. The van der Waals surface area contributed by atoms with Gasteiger partial charge >= 0.3 is 11.9 Å². The molecule has 0 aliphatic heterocycles. The maximum absolute atomic E-state index is 10.5. The van der Waals surface area contributed by atoms with Crippen molar-refractivity contribution in [2.45, 2.75) is 20.3 Å². The van der Waals surface area contributed by atoms with E-state index in [4.69, 9.17) is 10.2 Å². The normalized spacial score (nSPS) is 9.63. The maximum Gasteiger partial charge on any atom is 0.330 e. The summed E-state index contributed by atoms with van der Waals surface area (Å²) in [5, 5.41) is 16.5. The number of benzene rings is 2. The molecule has 0 spiro atoms. The lowest BCUT2D eigenvalue weighted by atomic mass is 10.1. The Hall–Kier alpha value is -3.40. The van der Waals surface area contributed by atoms with Crippen LogP contribution in [0.3, 0.4) is 0 Å². The maximum atomic E-state index is 10.5. The molecule has 0 unspecified atom stereocenters. The molecule has 0 amide bonds. The van der Waals surface area contributed by atoms with Crippen LogP contribution in [0.1, 0.15) is 25.0 Å². The Morgan fingerprint density at radius 3 is 1.67 bits per heavy atom. The molecule has 142 valence electrons. The van der Waals surface area contributed by atoms with Crippen LogP contribution in [-0.2, 0) is 16.0 Å². The van der Waals surface area contributed by atoms with Crippen LogP contribution in [0.15, 0.2) is 91.0 Å². The summed E-state index contributed by atoms with van der Waals surface area (Å²) in [5.41, 5.74) is 2.87. The van der Waals surface area contributed by atoms with Crippen molar-refractivity contribution in [3.63, 3.8) is 0 Å². The van der Waals surface area contributed by atoms with E-state index in [0.717, 1.165) is 5.56 Å². The summed E-state index contributed by atoms with van der Waals surface area (Å²) in [7, 11) is 0. The molecule has 0 heterocycles. The third-order valence-corrected chi connectivity index (χ3v) is 3.22. The highest BCUT2D eigenvalue weighted by atomic mass is 16.4. The van der Waals surface area contributed by atoms with Crippen molar-refractivity contribution in [3.8, 4) is 0 Å². The Bertz CT molecular complexity index is 747. The van der Waals surface area contributed by atoms with Crippen LogP contribution in [0.5, 0.6) is 0 Å². The zero-order valence-corrected chi connectivity index (χ0v) is 15.8. The van der Waals surface area contributed by atoms with E-state index in [0.29, 0.717) is 12.0 Å². The van der Waals surface area contributed by atoms with E-state index in [1.54, 1.807) is 13.0 Å². The van der Waals surface area contributed by atoms with Crippen molar-refractivity contribution in [2.24, 2.45) is 0 Å². The highest BCUT2D eigenvalue weighted by Gasteiger charge is 1.98. The van der Waals surface area contributed by atoms with Crippen molar-refractivity contribution in [1.82, 2.24) is 0 Å². The van der Waals surface area contributed by atoms with Crippen LogP contribution in [0.25, 0.3) is 6.08 Å². The summed E-state index contributed by atoms with van der Waals surface area (Å²) in [6.45, 7) is 9.84. The van der Waals surface area contributed by atoms with Crippen molar-refractivity contribution >= 4 is 18.0 Å². The fourth-order valence-corrected chi connectivity index (χ4v) is 1.56. The van der Waals surface area contributed by atoms with Crippen LogP contribution in [0.2, 0.25) is 0 Å². The first-order valence-electron chi connectivity index (χ1n) is 8.28. The predicted octanol–water partition coefficient (Wildman–Crippen LogP) is 5.24. The first kappa shape index (κ1) is 23.6. The van der Waals surface area contributed by atoms with Gasteiger partial charge in [-0.3, -0.25) is 0 Å². The highest BCUT2D eigenvalue weighted by molar-refractivity contribution is 5.85. The smallest absolute Gasteiger partial charge is 0.330 e. The Kier molecular flexibility index (Phi) is 12.1. The number of aliphatic carboxylic acids is 2. The molecule has 0 fully saturated rings. The molecule has 2 N–H and O–H groups in total. The van der Waals surface area contributed by atoms with Gasteiger partial charge in [-0.25, -0.2) is 9.59 Å². The molecule has 0 bridgehead atoms. The summed E-state index contributed by atoms with van der Waals surface area (Å²) in [6, 6.07) is 19.8. The zero-order valence-electron chi connectivity index (χ0n) is 15.8. The van der Waals surface area contributed by atoms with Crippen LogP contribution >= 0.6 is 0 Å². The SMILES string of the molecule is C=C(C)C(=O)O.C=Cc1ccccc1.CC(=CCc1ccccc1)C(=O)O. The van der Waals surface area contributed by atoms with E-state index in [2.05, 4.69) is 13.2 Å². The molecule has 0 saturated heterocycles. The second-order valence-electron chi connectivity index (χ2n) is 5.58. The van der Waals surface area contributed by atoms with Gasteiger partial charge in [0.1, 0.15) is 0 Å². The Labute approximate surface area is 160 Å². The predicted molar refractivity (Wildman–Crippen MR) is 111 cm³/mol. The van der Waals surface area contributed by atoms with Crippen molar-refractivity contribution < 1.29 is 19.8 Å². The lowest BCUT2D eigenvalue weighted by Crippen LogP contribution is -1.96. The molecule has 0 radical (unpaired) electrons. The molecular formula is C23H26O4. The van der Waals surface area contributed by atoms with Crippen LogP contribution in [-0.4, -0.2) is 22.2 Å². The van der Waals surface area contributed by atoms with Gasteiger partial charge in [0.25, 0.3) is 0 Å². The van der Waals surface area contributed by atoms with Gasteiger partial charge in [-0.1, -0.05) is 86.0 Å². The highest BCUT2D eigenvalue weighted by Crippen LogP contribution is 2.02. The summed E-state index contributed by atoms with van der Waals surface area (Å²) >= 11 is 0. The second kappa shape index (κ2) is 13.8. The minimum absolute atomic E-state index is 0.176. The average Bonchev–Trinajstić information content (AvgIpc) is 2.68. The van der Waals surface area contributed by atoms with E-state index in [9.17, 15) is 9.59 Å². The van der Waals surface area contributed by atoms with Gasteiger partial charge in [-0.2, -0.15) is 0 Å². The lowest BCUT2D eigenvalue weighted by Gasteiger charge is -1.95. The quantitative estimate of drug-likeness (QED) is 0.710. The molecule has 0 saturated carbocycles. The summed E-state index contributed by atoms with van der Waals surface area (Å²) in [4.78, 5) is 20.1. The molecule has 0 aliphatic carbocycles. The molecule has 0 atom stereocenters. The fraction of sp³-hybridized carbons (Fsp3) is 0.130. The van der Waals surface area contributed by atoms with Crippen molar-refractivity contribution in [2.75, 3.05) is 0 Å². The van der Waals surface area contributed by atoms with E-state index >= 15 is 0 Å². The van der Waals surface area contributed by atoms with Crippen molar-refractivity contribution in [1.29, 1.82) is 0 Å². The third kappa shape index (κ3) is 12.6. The number of hydrogen-bond acceptors (Lipinski definition) is 2. The van der Waals surface area contributed by atoms with E-state index in [-0.39, 0.29) is 5.57 Å². The standard InChI is InChI=1S/C11H12O2.C8H8.C4H6O2/c1-9(11(12)13)7-8-10-5-3-2-4-6-10;1-2-8-6-4-3-5-7-8;1-3(2)4(5)6/h2-7H,8H2,1H3,(H,12,13);2-7H,1H2;1H2,2H3,(H,5,6). The van der Waals surface area contributed by atoms with Gasteiger partial charge < -0.3 is 10.2 Å². The number of carboxylic acids is 2. The topological polar surface area (TPSA) is 74.6 Å². The molecule has 0 aliphatic rings. The largest absolute Gasteiger partial charge is 0.478 e. The molecule has 2 aromatic carbocycles. The first-order valence-corrected chi connectivity index (χ1v) is 8.28. The van der Waals surface area contributed by atoms with Gasteiger partial charge in [0, 0.05) is 11.1 Å². The van der Waals surface area contributed by atoms with Crippen LogP contribution < -0.4 is 0 Å². The monoisotopic (exact) mass is 366 g/mol. The van der Waals surface area contributed by atoms with Gasteiger partial charge in [-0.15, -0.1) is 0 Å². The molecular weight excluding hydrogens is 340 g/mol. The van der Waals surface area contributed by atoms with Crippen LogP contribution in [0, 0.1) is 0 Å². The van der Waals surface area contributed by atoms with Gasteiger partial charge in [0.05, 0.1) is 0 Å². The summed E-state index contributed by atoms with van der Waals surface area (Å²) in [5.74, 6) is -1.79. The molecule has 4 heteroatoms. The molecule has 2 aromatic rings. The molecule has 0 aromatic heterocycles. The Morgan fingerprint density at radius 1 is 0.889 bits per heavy atom. The van der Waals surface area contributed by atoms with Crippen molar-refractivity contribution in [3.05, 3.63) is 102 Å². The summed E-state index contributed by atoms with van der Waals surface area (Å²) in [6.07, 6.45) is 4.23. The van der Waals surface area contributed by atoms with E-state index < -0.39 is 11.9 Å². The summed E-state index contributed by atoms with van der Waals surface area (Å²) < 4.78 is 0. The van der Waals surface area contributed by atoms with Gasteiger partial charge in [-0.05, 0) is 31.4 Å². The minimum atomic E-state index is -0.935. The fourth-order valence-electron chi connectivity index (χ4n) is 1.56. The Morgan fingerprint density at radius 2 is 1.33 bits per heavy atom. The first-order chi connectivity index (χ1) is 12.8. The van der Waals surface area contributed by atoms with E-state index in [1.165, 1.54) is 12.5 Å². The number of carboxylic acid groups (broad SMARTS) is 2. The third-order valence-electron chi connectivity index (χ3n) is 3.22. The van der Waals surface area contributed by atoms with Gasteiger partial charge in [0.15, 0.2) is 0 Å². The Balaban J connectivity index is 0.000000413. The second-order valence-corrected chi connectivity index (χ2v) is 5.58. The van der Waals surface area contributed by atoms with Gasteiger partial charge in [0.2, 0.25) is 0 Å². The zero-order chi connectivity index (χ0) is 20.7. The number of rotatable bonds is 5. The number of allylic oxidation sites excluding steroid dienone is 1. The minimum Gasteiger partial charge on any atom is -0.478 e. The molecule has 2 rings (SSSR count). The lowest BCUT2D eigenvalue weighted by molar-refractivity contribution is -0.133. The number of carbonyl (C=O) groups is 2. The molecule has 27 heavy (non-hydrogen) atoms. The number of hydrogen-bond donors (Lipinski definition) is 2. The van der Waals surface area contributed by atoms with E-state index in [1.807, 2.05) is 66.7 Å². The molecule has 4 nitrogen and oxygen atoms in total.